The van der Waals surface area contributed by atoms with E-state index in [2.05, 4.69) is 26.0 Å². The molecule has 140 valence electrons. The third-order valence-corrected chi connectivity index (χ3v) is 6.16. The van der Waals surface area contributed by atoms with E-state index < -0.39 is 0 Å². The quantitative estimate of drug-likeness (QED) is 0.645. The number of aromatic hydroxyl groups is 2. The number of rotatable bonds is 2. The van der Waals surface area contributed by atoms with Gasteiger partial charge < -0.3 is 10.2 Å². The van der Waals surface area contributed by atoms with E-state index in [1.165, 1.54) is 56.1 Å². The van der Waals surface area contributed by atoms with Crippen molar-refractivity contribution < 1.29 is 10.2 Å². The van der Waals surface area contributed by atoms with Crippen molar-refractivity contribution in [2.75, 3.05) is 0 Å². The van der Waals surface area contributed by atoms with Gasteiger partial charge in [0.25, 0.3) is 0 Å². The maximum atomic E-state index is 9.93. The van der Waals surface area contributed by atoms with Gasteiger partial charge in [-0.3, -0.25) is 0 Å². The van der Waals surface area contributed by atoms with Gasteiger partial charge in [-0.05, 0) is 73.2 Å². The molecule has 1 aliphatic rings. The Kier molecular flexibility index (Phi) is 5.90. The van der Waals surface area contributed by atoms with Gasteiger partial charge in [-0.15, -0.1) is 0 Å². The smallest absolute Gasteiger partial charge is 0.115 e. The van der Waals surface area contributed by atoms with E-state index in [0.717, 1.165) is 24.0 Å². The minimum absolute atomic E-state index is 0.0348. The Bertz CT molecular complexity index is 684. The average Bonchev–Trinajstić information content (AvgIpc) is 2.60. The first-order valence-corrected chi connectivity index (χ1v) is 10.1. The predicted molar refractivity (Wildman–Crippen MR) is 108 cm³/mol. The summed E-state index contributed by atoms with van der Waals surface area (Å²) in [6.07, 6.45) is 11.3. The van der Waals surface area contributed by atoms with Crippen LogP contribution in [0.4, 0.5) is 0 Å². The van der Waals surface area contributed by atoms with Crippen LogP contribution in [-0.4, -0.2) is 10.2 Å². The molecule has 3 rings (SSSR count). The third-order valence-electron chi connectivity index (χ3n) is 6.16. The molecule has 0 radical (unpaired) electrons. The lowest BCUT2D eigenvalue weighted by Crippen LogP contribution is -2.30. The highest BCUT2D eigenvalue weighted by Crippen LogP contribution is 2.46. The highest BCUT2D eigenvalue weighted by molar-refractivity contribution is 5.49. The van der Waals surface area contributed by atoms with Crippen LogP contribution in [0.5, 0.6) is 11.5 Å². The topological polar surface area (TPSA) is 40.5 Å². The second-order valence-electron chi connectivity index (χ2n) is 8.06. The van der Waals surface area contributed by atoms with Gasteiger partial charge in [0.05, 0.1) is 0 Å². The maximum absolute atomic E-state index is 9.93. The summed E-state index contributed by atoms with van der Waals surface area (Å²) in [5.41, 5.74) is 4.96. The van der Waals surface area contributed by atoms with Gasteiger partial charge in [-0.25, -0.2) is 0 Å². The molecule has 26 heavy (non-hydrogen) atoms. The van der Waals surface area contributed by atoms with Gasteiger partial charge in [0, 0.05) is 5.41 Å². The van der Waals surface area contributed by atoms with Crippen LogP contribution < -0.4 is 0 Å². The molecule has 2 nitrogen and oxygen atoms in total. The first kappa shape index (κ1) is 18.8. The van der Waals surface area contributed by atoms with Gasteiger partial charge in [0.2, 0.25) is 0 Å². The van der Waals surface area contributed by atoms with Crippen LogP contribution in [0.1, 0.15) is 80.0 Å². The van der Waals surface area contributed by atoms with Gasteiger partial charge in [0.1, 0.15) is 11.5 Å². The van der Waals surface area contributed by atoms with Crippen molar-refractivity contribution in [3.05, 3.63) is 58.7 Å². The van der Waals surface area contributed by atoms with Crippen molar-refractivity contribution in [2.24, 2.45) is 0 Å². The average molecular weight is 353 g/mol. The molecule has 0 bridgehead atoms. The highest BCUT2D eigenvalue weighted by Gasteiger charge is 2.36. The molecule has 0 saturated heterocycles. The lowest BCUT2D eigenvalue weighted by Gasteiger charge is -2.38. The summed E-state index contributed by atoms with van der Waals surface area (Å²) in [4.78, 5) is 0. The molecule has 0 aromatic heterocycles. The Balaban J connectivity index is 2.15. The number of phenols is 2. The van der Waals surface area contributed by atoms with Gasteiger partial charge >= 0.3 is 0 Å². The molecule has 0 aliphatic heterocycles. The first-order valence-electron chi connectivity index (χ1n) is 10.1. The lowest BCUT2D eigenvalue weighted by atomic mass is 9.65. The molecular formula is C24H32O2. The van der Waals surface area contributed by atoms with Crippen LogP contribution in [0.15, 0.2) is 36.4 Å². The van der Waals surface area contributed by atoms with Crippen molar-refractivity contribution in [3.8, 4) is 11.5 Å². The number of hydrogen-bond acceptors (Lipinski definition) is 2. The maximum Gasteiger partial charge on any atom is 0.115 e. The third kappa shape index (κ3) is 3.90. The van der Waals surface area contributed by atoms with E-state index in [-0.39, 0.29) is 5.41 Å². The monoisotopic (exact) mass is 352 g/mol. The largest absolute Gasteiger partial charge is 0.508 e. The zero-order chi connectivity index (χ0) is 18.6. The second-order valence-corrected chi connectivity index (χ2v) is 8.06. The van der Waals surface area contributed by atoms with E-state index in [9.17, 15) is 10.2 Å². The molecule has 2 aromatic carbocycles. The van der Waals surface area contributed by atoms with Crippen LogP contribution in [0.3, 0.4) is 0 Å². The van der Waals surface area contributed by atoms with E-state index in [1.54, 1.807) is 0 Å². The zero-order valence-corrected chi connectivity index (χ0v) is 16.2. The number of phenolic OH excluding ortho intramolecular Hbond substituents is 2. The molecule has 0 spiro atoms. The molecule has 1 aliphatic carbocycles. The molecule has 1 fully saturated rings. The molecule has 1 saturated carbocycles. The van der Waals surface area contributed by atoms with Crippen LogP contribution >= 0.6 is 0 Å². The van der Waals surface area contributed by atoms with Crippen LogP contribution in [0.2, 0.25) is 0 Å². The van der Waals surface area contributed by atoms with Gasteiger partial charge in [0.15, 0.2) is 0 Å². The van der Waals surface area contributed by atoms with Crippen LogP contribution in [0, 0.1) is 13.8 Å². The summed E-state index contributed by atoms with van der Waals surface area (Å²) in [6, 6.07) is 11.7. The normalized spacial score (nSPS) is 18.4. The van der Waals surface area contributed by atoms with E-state index in [4.69, 9.17) is 0 Å². The molecule has 2 aromatic rings. The lowest BCUT2D eigenvalue weighted by molar-refractivity contribution is 0.373. The minimum Gasteiger partial charge on any atom is -0.508 e. The van der Waals surface area contributed by atoms with Crippen LogP contribution in [-0.2, 0) is 5.41 Å². The van der Waals surface area contributed by atoms with Crippen molar-refractivity contribution in [3.63, 3.8) is 0 Å². The molecule has 2 N–H and O–H groups in total. The van der Waals surface area contributed by atoms with Crippen molar-refractivity contribution in [1.29, 1.82) is 0 Å². The van der Waals surface area contributed by atoms with Gasteiger partial charge in [-0.1, -0.05) is 57.1 Å². The number of benzene rings is 2. The summed E-state index contributed by atoms with van der Waals surface area (Å²) in [7, 11) is 0. The standard InChI is InChI=1S/C24H32O2/c1-18-16-20(25)10-12-22(18)24(23-13-11-21(26)17-19(23)2)14-8-6-4-3-5-7-9-15-24/h10-13,16-17,25-26H,3-9,14-15H2,1-2H3. The summed E-state index contributed by atoms with van der Waals surface area (Å²) < 4.78 is 0. The fraction of sp³-hybridized carbons (Fsp3) is 0.500. The minimum atomic E-state index is -0.0348. The molecule has 0 heterocycles. The fourth-order valence-corrected chi connectivity index (χ4v) is 4.92. The summed E-state index contributed by atoms with van der Waals surface area (Å²) >= 11 is 0. The fourth-order valence-electron chi connectivity index (χ4n) is 4.92. The van der Waals surface area contributed by atoms with E-state index >= 15 is 0 Å². The predicted octanol–water partition coefficient (Wildman–Crippen LogP) is 6.53. The first-order chi connectivity index (χ1) is 12.5. The van der Waals surface area contributed by atoms with E-state index in [1.807, 2.05) is 24.3 Å². The van der Waals surface area contributed by atoms with Crippen molar-refractivity contribution in [1.82, 2.24) is 0 Å². The number of aryl methyl sites for hydroxylation is 2. The van der Waals surface area contributed by atoms with Gasteiger partial charge in [-0.2, -0.15) is 0 Å². The van der Waals surface area contributed by atoms with Crippen molar-refractivity contribution >= 4 is 0 Å². The second kappa shape index (κ2) is 8.16. The highest BCUT2D eigenvalue weighted by atomic mass is 16.3. The molecule has 2 heteroatoms. The summed E-state index contributed by atoms with van der Waals surface area (Å²) in [6.45, 7) is 4.23. The Morgan fingerprint density at radius 1 is 0.615 bits per heavy atom. The van der Waals surface area contributed by atoms with E-state index in [0.29, 0.717) is 11.5 Å². The molecule has 0 amide bonds. The summed E-state index contributed by atoms with van der Waals surface area (Å²) in [5, 5.41) is 19.9. The molecule has 0 unspecified atom stereocenters. The Morgan fingerprint density at radius 2 is 1.00 bits per heavy atom. The number of hydrogen-bond donors (Lipinski definition) is 2. The Labute approximate surface area is 157 Å². The Hall–Kier alpha value is -1.96. The van der Waals surface area contributed by atoms with Crippen molar-refractivity contribution in [2.45, 2.75) is 77.0 Å². The molecule has 0 atom stereocenters. The molecular weight excluding hydrogens is 320 g/mol. The zero-order valence-electron chi connectivity index (χ0n) is 16.2. The summed E-state index contributed by atoms with van der Waals surface area (Å²) in [5.74, 6) is 0.674. The SMILES string of the molecule is Cc1cc(O)ccc1C1(c2ccc(O)cc2C)CCCCCCCCC1. The Morgan fingerprint density at radius 3 is 1.38 bits per heavy atom. The van der Waals surface area contributed by atoms with Crippen LogP contribution in [0.25, 0.3) is 0 Å².